The van der Waals surface area contributed by atoms with Crippen LogP contribution in [0.1, 0.15) is 17.1 Å². The molecule has 0 saturated heterocycles. The number of rotatable bonds is 2. The third-order valence-corrected chi connectivity index (χ3v) is 4.20. The third kappa shape index (κ3) is 2.17. The van der Waals surface area contributed by atoms with E-state index in [-0.39, 0.29) is 5.75 Å². The summed E-state index contributed by atoms with van der Waals surface area (Å²) in [5.74, 6) is 0.937. The van der Waals surface area contributed by atoms with E-state index in [1.165, 1.54) is 0 Å². The maximum atomic E-state index is 10.3. The Morgan fingerprint density at radius 1 is 1.08 bits per heavy atom. The highest BCUT2D eigenvalue weighted by molar-refractivity contribution is 5.97. The minimum Gasteiger partial charge on any atom is -0.507 e. The largest absolute Gasteiger partial charge is 0.507 e. The molecule has 0 aliphatic heterocycles. The van der Waals surface area contributed by atoms with Crippen molar-refractivity contribution in [1.82, 2.24) is 15.1 Å². The van der Waals surface area contributed by atoms with Crippen LogP contribution in [0.2, 0.25) is 0 Å². The number of pyridine rings is 1. The monoisotopic (exact) mass is 319 g/mol. The average molecular weight is 319 g/mol. The number of aryl methyl sites for hydroxylation is 3. The van der Waals surface area contributed by atoms with Crippen LogP contribution < -0.4 is 0 Å². The van der Waals surface area contributed by atoms with Crippen LogP contribution in [-0.4, -0.2) is 20.2 Å². The first-order valence-electron chi connectivity index (χ1n) is 7.76. The summed E-state index contributed by atoms with van der Waals surface area (Å²) >= 11 is 0. The van der Waals surface area contributed by atoms with E-state index in [0.29, 0.717) is 5.56 Å². The van der Waals surface area contributed by atoms with Gasteiger partial charge < -0.3 is 14.6 Å². The first-order valence-corrected chi connectivity index (χ1v) is 7.76. The van der Waals surface area contributed by atoms with Crippen molar-refractivity contribution >= 4 is 10.9 Å². The van der Waals surface area contributed by atoms with Gasteiger partial charge in [-0.05, 0) is 45.0 Å². The fraction of sp³-hybridized carbons (Fsp3) is 0.158. The van der Waals surface area contributed by atoms with E-state index in [4.69, 9.17) is 9.51 Å². The molecule has 0 aliphatic carbocycles. The lowest BCUT2D eigenvalue weighted by Gasteiger charge is -2.08. The Morgan fingerprint density at radius 3 is 2.58 bits per heavy atom. The Morgan fingerprint density at radius 2 is 1.88 bits per heavy atom. The zero-order valence-corrected chi connectivity index (χ0v) is 13.7. The van der Waals surface area contributed by atoms with E-state index in [0.717, 1.165) is 45.0 Å². The molecule has 0 fully saturated rings. The highest BCUT2D eigenvalue weighted by Gasteiger charge is 2.18. The average Bonchev–Trinajstić information content (AvgIpc) is 3.08. The van der Waals surface area contributed by atoms with Gasteiger partial charge in [0.2, 0.25) is 0 Å². The van der Waals surface area contributed by atoms with Gasteiger partial charge in [-0.3, -0.25) is 0 Å². The lowest BCUT2D eigenvalue weighted by molar-refractivity contribution is 0.393. The van der Waals surface area contributed by atoms with Crippen molar-refractivity contribution in [2.45, 2.75) is 20.8 Å². The number of hydrogen-bond donors (Lipinski definition) is 2. The highest BCUT2D eigenvalue weighted by atomic mass is 16.5. The first-order chi connectivity index (χ1) is 11.5. The third-order valence-electron chi connectivity index (χ3n) is 4.20. The predicted molar refractivity (Wildman–Crippen MR) is 92.9 cm³/mol. The molecule has 0 saturated carbocycles. The maximum absolute atomic E-state index is 10.3. The summed E-state index contributed by atoms with van der Waals surface area (Å²) in [5.41, 5.74) is 5.92. The molecule has 0 aliphatic rings. The number of para-hydroxylation sites is 1. The van der Waals surface area contributed by atoms with Crippen molar-refractivity contribution in [2.24, 2.45) is 0 Å². The number of benzene rings is 1. The fourth-order valence-electron chi connectivity index (χ4n) is 3.13. The number of phenols is 1. The minimum atomic E-state index is 0.209. The number of phenolic OH excluding ortho intramolecular Hbond substituents is 1. The summed E-state index contributed by atoms with van der Waals surface area (Å²) in [6, 6.07) is 11.3. The van der Waals surface area contributed by atoms with E-state index in [9.17, 15) is 5.11 Å². The maximum Gasteiger partial charge on any atom is 0.143 e. The van der Waals surface area contributed by atoms with Gasteiger partial charge in [0.1, 0.15) is 11.5 Å². The summed E-state index contributed by atoms with van der Waals surface area (Å²) in [4.78, 5) is 8.19. The topological polar surface area (TPSA) is 74.9 Å². The second kappa shape index (κ2) is 5.23. The Bertz CT molecular complexity index is 1040. The molecular weight excluding hydrogens is 302 g/mol. The molecule has 0 radical (unpaired) electrons. The van der Waals surface area contributed by atoms with Crippen molar-refractivity contribution in [3.63, 3.8) is 0 Å². The Labute approximate surface area is 139 Å². The van der Waals surface area contributed by atoms with E-state index in [1.54, 1.807) is 12.1 Å². The van der Waals surface area contributed by atoms with Crippen LogP contribution in [0, 0.1) is 20.8 Å². The van der Waals surface area contributed by atoms with E-state index in [1.807, 2.05) is 45.0 Å². The van der Waals surface area contributed by atoms with Crippen molar-refractivity contribution in [1.29, 1.82) is 0 Å². The smallest absolute Gasteiger partial charge is 0.143 e. The summed E-state index contributed by atoms with van der Waals surface area (Å²) in [7, 11) is 0. The number of nitrogens with zero attached hydrogens (tertiary/aromatic N) is 2. The number of nitrogens with one attached hydrogen (secondary N) is 1. The molecule has 3 aromatic heterocycles. The molecule has 4 rings (SSSR count). The number of aromatic hydroxyl groups is 1. The van der Waals surface area contributed by atoms with Crippen molar-refractivity contribution in [3.8, 4) is 28.3 Å². The van der Waals surface area contributed by atoms with E-state index >= 15 is 0 Å². The number of fused-ring (bicyclic) bond motifs is 1. The van der Waals surface area contributed by atoms with Crippen LogP contribution in [-0.2, 0) is 0 Å². The minimum absolute atomic E-state index is 0.209. The molecule has 5 nitrogen and oxygen atoms in total. The zero-order valence-electron chi connectivity index (χ0n) is 13.7. The summed E-state index contributed by atoms with van der Waals surface area (Å²) in [6.45, 7) is 5.78. The van der Waals surface area contributed by atoms with Gasteiger partial charge in [0.25, 0.3) is 0 Å². The van der Waals surface area contributed by atoms with Gasteiger partial charge in [0, 0.05) is 22.2 Å². The molecule has 24 heavy (non-hydrogen) atoms. The SMILES string of the molecule is Cc1cc2c(-c3ccccc3O)nc(-c3c(C)noc3C)cc2[nH]1. The standard InChI is InChI=1S/C19H17N3O2/c1-10-8-14-15(20-10)9-16(18-11(2)22-24-12(18)3)21-19(14)13-6-4-5-7-17(13)23/h4-9,20,23H,1-3H3. The van der Waals surface area contributed by atoms with Gasteiger partial charge in [-0.1, -0.05) is 17.3 Å². The van der Waals surface area contributed by atoms with Gasteiger partial charge in [0.05, 0.1) is 22.6 Å². The van der Waals surface area contributed by atoms with Gasteiger partial charge in [-0.15, -0.1) is 0 Å². The Balaban J connectivity index is 2.07. The number of aromatic nitrogens is 3. The van der Waals surface area contributed by atoms with Gasteiger partial charge >= 0.3 is 0 Å². The van der Waals surface area contributed by atoms with Crippen molar-refractivity contribution in [3.05, 3.63) is 53.5 Å². The summed E-state index contributed by atoms with van der Waals surface area (Å²) in [5, 5.41) is 15.3. The van der Waals surface area contributed by atoms with Crippen LogP contribution in [0.3, 0.4) is 0 Å². The first kappa shape index (κ1) is 14.5. The lowest BCUT2D eigenvalue weighted by atomic mass is 10.0. The Kier molecular flexibility index (Phi) is 3.16. The van der Waals surface area contributed by atoms with Gasteiger partial charge in [-0.2, -0.15) is 0 Å². The molecule has 0 atom stereocenters. The second-order valence-corrected chi connectivity index (χ2v) is 5.99. The van der Waals surface area contributed by atoms with E-state index < -0.39 is 0 Å². The number of hydrogen-bond acceptors (Lipinski definition) is 4. The van der Waals surface area contributed by atoms with Crippen LogP contribution >= 0.6 is 0 Å². The molecule has 5 heteroatoms. The zero-order chi connectivity index (χ0) is 16.8. The summed E-state index contributed by atoms with van der Waals surface area (Å²) < 4.78 is 5.29. The molecule has 0 bridgehead atoms. The van der Waals surface area contributed by atoms with Crippen molar-refractivity contribution in [2.75, 3.05) is 0 Å². The number of H-pyrrole nitrogens is 1. The fourth-order valence-corrected chi connectivity index (χ4v) is 3.13. The predicted octanol–water partition coefficient (Wildman–Crippen LogP) is 4.52. The molecule has 2 N–H and O–H groups in total. The molecule has 0 unspecified atom stereocenters. The normalized spacial score (nSPS) is 11.3. The van der Waals surface area contributed by atoms with Crippen LogP contribution in [0.4, 0.5) is 0 Å². The quantitative estimate of drug-likeness (QED) is 0.570. The molecule has 3 heterocycles. The molecule has 0 amide bonds. The van der Waals surface area contributed by atoms with Gasteiger partial charge in [-0.25, -0.2) is 4.98 Å². The van der Waals surface area contributed by atoms with Gasteiger partial charge in [0.15, 0.2) is 0 Å². The number of aromatic amines is 1. The van der Waals surface area contributed by atoms with Crippen LogP contribution in [0.5, 0.6) is 5.75 Å². The molecule has 4 aromatic rings. The molecule has 0 spiro atoms. The highest BCUT2D eigenvalue weighted by Crippen LogP contribution is 2.36. The van der Waals surface area contributed by atoms with E-state index in [2.05, 4.69) is 10.1 Å². The molecule has 1 aromatic carbocycles. The Hall–Kier alpha value is -3.08. The lowest BCUT2D eigenvalue weighted by Crippen LogP contribution is -1.92. The summed E-state index contributed by atoms with van der Waals surface area (Å²) in [6.07, 6.45) is 0. The second-order valence-electron chi connectivity index (χ2n) is 5.99. The van der Waals surface area contributed by atoms with Crippen molar-refractivity contribution < 1.29 is 9.63 Å². The molecular formula is C19H17N3O2. The van der Waals surface area contributed by atoms with Crippen LogP contribution in [0.25, 0.3) is 33.4 Å². The van der Waals surface area contributed by atoms with Crippen LogP contribution in [0.15, 0.2) is 40.9 Å². The molecule has 120 valence electrons.